The molecule has 2 heterocycles. The fourth-order valence-electron chi connectivity index (χ4n) is 2.36. The number of carbonyl (C=O) groups is 1. The summed E-state index contributed by atoms with van der Waals surface area (Å²) in [5.74, 6) is -0.529. The van der Waals surface area contributed by atoms with Gasteiger partial charge in [0.15, 0.2) is 0 Å². The van der Waals surface area contributed by atoms with E-state index in [1.165, 1.54) is 0 Å². The second kappa shape index (κ2) is 5.13. The van der Waals surface area contributed by atoms with Crippen LogP contribution in [0.25, 0.3) is 10.9 Å². The van der Waals surface area contributed by atoms with Crippen molar-refractivity contribution in [2.45, 2.75) is 13.5 Å². The lowest BCUT2D eigenvalue weighted by atomic mass is 10.2. The van der Waals surface area contributed by atoms with Crippen molar-refractivity contribution >= 4 is 40.1 Å². The van der Waals surface area contributed by atoms with Crippen LogP contribution in [0.15, 0.2) is 34.9 Å². The van der Waals surface area contributed by atoms with Crippen LogP contribution >= 0.6 is 23.2 Å². The molecular formula is C15H11Cl2NO3. The average Bonchev–Trinajstić information content (AvgIpc) is 2.94. The van der Waals surface area contributed by atoms with Crippen LogP contribution in [-0.4, -0.2) is 15.6 Å². The van der Waals surface area contributed by atoms with Gasteiger partial charge in [-0.25, -0.2) is 4.79 Å². The summed E-state index contributed by atoms with van der Waals surface area (Å²) < 4.78 is 7.29. The van der Waals surface area contributed by atoms with Gasteiger partial charge in [-0.05, 0) is 31.2 Å². The summed E-state index contributed by atoms with van der Waals surface area (Å²) in [6.45, 7) is 2.12. The number of carboxylic acid groups (broad SMARTS) is 1. The Hall–Kier alpha value is -1.91. The Kier molecular flexibility index (Phi) is 3.43. The van der Waals surface area contributed by atoms with Gasteiger partial charge in [0.1, 0.15) is 5.76 Å². The topological polar surface area (TPSA) is 55.4 Å². The number of halogens is 2. The summed E-state index contributed by atoms with van der Waals surface area (Å²) in [6.07, 6.45) is 1.87. The van der Waals surface area contributed by atoms with Crippen molar-refractivity contribution in [3.8, 4) is 0 Å². The third-order valence-electron chi connectivity index (χ3n) is 3.29. The third kappa shape index (κ3) is 2.52. The maximum atomic E-state index is 11.0. The molecule has 0 aliphatic rings. The molecule has 0 atom stereocenters. The van der Waals surface area contributed by atoms with E-state index >= 15 is 0 Å². The zero-order chi connectivity index (χ0) is 15.1. The highest BCUT2D eigenvalue weighted by molar-refractivity contribution is 6.38. The van der Waals surface area contributed by atoms with E-state index in [0.29, 0.717) is 27.9 Å². The lowest BCUT2D eigenvalue weighted by Crippen LogP contribution is -1.97. The SMILES string of the molecule is Cc1cc(Cn2ccc3c(Cl)cc(Cl)cc32)oc1C(=O)O. The molecule has 1 aromatic carbocycles. The van der Waals surface area contributed by atoms with E-state index in [-0.39, 0.29) is 5.76 Å². The molecule has 1 N–H and O–H groups in total. The lowest BCUT2D eigenvalue weighted by Gasteiger charge is -2.04. The first-order valence-electron chi connectivity index (χ1n) is 6.22. The third-order valence-corrected chi connectivity index (χ3v) is 3.82. The number of aromatic carboxylic acids is 1. The first-order valence-corrected chi connectivity index (χ1v) is 6.98. The molecule has 0 aliphatic carbocycles. The molecule has 2 aromatic heterocycles. The minimum absolute atomic E-state index is 0.0301. The smallest absolute Gasteiger partial charge is 0.372 e. The lowest BCUT2D eigenvalue weighted by molar-refractivity contribution is 0.0659. The average molecular weight is 324 g/mol. The van der Waals surface area contributed by atoms with E-state index < -0.39 is 5.97 Å². The number of hydrogen-bond acceptors (Lipinski definition) is 2. The molecule has 21 heavy (non-hydrogen) atoms. The summed E-state index contributed by atoms with van der Waals surface area (Å²) in [4.78, 5) is 11.0. The fourth-order valence-corrected chi connectivity index (χ4v) is 2.91. The number of furan rings is 1. The summed E-state index contributed by atoms with van der Waals surface area (Å²) in [5, 5.41) is 11.0. The van der Waals surface area contributed by atoms with Gasteiger partial charge < -0.3 is 14.1 Å². The van der Waals surface area contributed by atoms with Gasteiger partial charge in [0.25, 0.3) is 0 Å². The largest absolute Gasteiger partial charge is 0.475 e. The Bertz CT molecular complexity index is 848. The molecule has 4 nitrogen and oxygen atoms in total. The number of benzene rings is 1. The first-order chi connectivity index (χ1) is 9.95. The summed E-state index contributed by atoms with van der Waals surface area (Å²) in [6, 6.07) is 7.12. The Morgan fingerprint density at radius 3 is 2.76 bits per heavy atom. The van der Waals surface area contributed by atoms with Crippen molar-refractivity contribution in [1.82, 2.24) is 4.57 Å². The van der Waals surface area contributed by atoms with Gasteiger partial charge in [0.05, 0.1) is 17.1 Å². The predicted molar refractivity (Wildman–Crippen MR) is 81.5 cm³/mol. The van der Waals surface area contributed by atoms with Crippen LogP contribution < -0.4 is 0 Å². The number of fused-ring (bicyclic) bond motifs is 1. The van der Waals surface area contributed by atoms with Crippen molar-refractivity contribution < 1.29 is 14.3 Å². The Morgan fingerprint density at radius 2 is 2.10 bits per heavy atom. The molecule has 0 saturated heterocycles. The number of aromatic nitrogens is 1. The highest BCUT2D eigenvalue weighted by Gasteiger charge is 2.15. The van der Waals surface area contributed by atoms with E-state index in [9.17, 15) is 4.79 Å². The van der Waals surface area contributed by atoms with E-state index in [1.54, 1.807) is 19.1 Å². The maximum Gasteiger partial charge on any atom is 0.372 e. The van der Waals surface area contributed by atoms with Crippen LogP contribution in [0.4, 0.5) is 0 Å². The quantitative estimate of drug-likeness (QED) is 0.766. The zero-order valence-electron chi connectivity index (χ0n) is 11.1. The molecule has 3 rings (SSSR count). The van der Waals surface area contributed by atoms with E-state index in [1.807, 2.05) is 22.9 Å². The van der Waals surface area contributed by atoms with Crippen LogP contribution in [0.1, 0.15) is 21.9 Å². The minimum atomic E-state index is -1.07. The summed E-state index contributed by atoms with van der Waals surface area (Å²) in [5.41, 5.74) is 1.48. The van der Waals surface area contributed by atoms with Crippen molar-refractivity contribution in [3.05, 3.63) is 57.6 Å². The molecule has 0 unspecified atom stereocenters. The zero-order valence-corrected chi connectivity index (χ0v) is 12.6. The molecule has 3 aromatic rings. The van der Waals surface area contributed by atoms with Crippen molar-refractivity contribution in [1.29, 1.82) is 0 Å². The maximum absolute atomic E-state index is 11.0. The normalized spacial score (nSPS) is 11.2. The van der Waals surface area contributed by atoms with Crippen LogP contribution in [0.2, 0.25) is 10.0 Å². The van der Waals surface area contributed by atoms with Gasteiger partial charge in [-0.1, -0.05) is 23.2 Å². The van der Waals surface area contributed by atoms with Crippen LogP contribution in [0, 0.1) is 6.92 Å². The molecule has 0 radical (unpaired) electrons. The van der Waals surface area contributed by atoms with E-state index in [0.717, 1.165) is 10.9 Å². The number of aryl methyl sites for hydroxylation is 1. The fraction of sp³-hybridized carbons (Fsp3) is 0.133. The van der Waals surface area contributed by atoms with Gasteiger partial charge >= 0.3 is 5.97 Å². The van der Waals surface area contributed by atoms with Crippen molar-refractivity contribution in [2.24, 2.45) is 0 Å². The Balaban J connectivity index is 2.02. The van der Waals surface area contributed by atoms with Crippen molar-refractivity contribution in [2.75, 3.05) is 0 Å². The number of hydrogen-bond donors (Lipinski definition) is 1. The molecule has 0 saturated carbocycles. The summed E-state index contributed by atoms with van der Waals surface area (Å²) in [7, 11) is 0. The van der Waals surface area contributed by atoms with Gasteiger partial charge in [0.2, 0.25) is 5.76 Å². The molecule has 0 spiro atoms. The Labute approximate surface area is 130 Å². The van der Waals surface area contributed by atoms with E-state index in [2.05, 4.69) is 0 Å². The van der Waals surface area contributed by atoms with E-state index in [4.69, 9.17) is 32.7 Å². The van der Waals surface area contributed by atoms with Gasteiger partial charge in [0, 0.05) is 22.2 Å². The second-order valence-electron chi connectivity index (χ2n) is 4.79. The molecular weight excluding hydrogens is 313 g/mol. The minimum Gasteiger partial charge on any atom is -0.475 e. The van der Waals surface area contributed by atoms with Gasteiger partial charge in [-0.2, -0.15) is 0 Å². The van der Waals surface area contributed by atoms with Crippen LogP contribution in [-0.2, 0) is 6.54 Å². The molecule has 0 amide bonds. The second-order valence-corrected chi connectivity index (χ2v) is 5.64. The molecule has 0 bridgehead atoms. The molecule has 0 fully saturated rings. The van der Waals surface area contributed by atoms with Crippen LogP contribution in [0.3, 0.4) is 0 Å². The number of rotatable bonds is 3. The number of carboxylic acids is 1. The van der Waals surface area contributed by atoms with Crippen molar-refractivity contribution in [3.63, 3.8) is 0 Å². The number of nitrogens with zero attached hydrogens (tertiary/aromatic N) is 1. The highest BCUT2D eigenvalue weighted by Crippen LogP contribution is 2.29. The van der Waals surface area contributed by atoms with Gasteiger partial charge in [-0.15, -0.1) is 0 Å². The monoisotopic (exact) mass is 323 g/mol. The first kappa shape index (κ1) is 14.0. The standard InChI is InChI=1S/C15H11Cl2NO3/c1-8-4-10(21-14(8)15(19)20)7-18-3-2-11-12(17)5-9(16)6-13(11)18/h2-6H,7H2,1H3,(H,19,20). The molecule has 6 heteroatoms. The highest BCUT2D eigenvalue weighted by atomic mass is 35.5. The molecule has 108 valence electrons. The predicted octanol–water partition coefficient (Wildman–Crippen LogP) is 4.60. The van der Waals surface area contributed by atoms with Crippen LogP contribution in [0.5, 0.6) is 0 Å². The summed E-state index contributed by atoms with van der Waals surface area (Å²) >= 11 is 12.2. The Morgan fingerprint density at radius 1 is 1.33 bits per heavy atom. The van der Waals surface area contributed by atoms with Gasteiger partial charge in [-0.3, -0.25) is 0 Å². The molecule has 0 aliphatic heterocycles.